The summed E-state index contributed by atoms with van der Waals surface area (Å²) in [6.07, 6.45) is 2.13. The van der Waals surface area contributed by atoms with Crippen LogP contribution in [-0.2, 0) is 9.53 Å². The van der Waals surface area contributed by atoms with Crippen molar-refractivity contribution in [3.05, 3.63) is 25.5 Å². The summed E-state index contributed by atoms with van der Waals surface area (Å²) in [6.45, 7) is 6.31. The second-order valence-corrected chi connectivity index (χ2v) is 3.49. The second-order valence-electron chi connectivity index (χ2n) is 3.49. The van der Waals surface area contributed by atoms with Gasteiger partial charge in [0, 0.05) is 6.08 Å². The van der Waals surface area contributed by atoms with Crippen LogP contribution in [0.4, 0.5) is 0 Å². The van der Waals surface area contributed by atoms with E-state index in [1.807, 2.05) is 52.1 Å². The van der Waals surface area contributed by atoms with Crippen LogP contribution in [-0.4, -0.2) is 58.1 Å². The van der Waals surface area contributed by atoms with Crippen LogP contribution in [0, 0.1) is 0 Å². The highest BCUT2D eigenvalue weighted by Crippen LogP contribution is 1.75. The highest BCUT2D eigenvalue weighted by Gasteiger charge is 1.84. The smallest absolute Gasteiger partial charge is 0.334 e. The first-order chi connectivity index (χ1) is 6.77. The van der Waals surface area contributed by atoms with E-state index in [-0.39, 0.29) is 24.8 Å². The molecule has 0 saturated carbocycles. The third-order valence-electron chi connectivity index (χ3n) is 0.366. The van der Waals surface area contributed by atoms with Gasteiger partial charge in [-0.2, -0.15) is 0 Å². The SMILES string of the molecule is C=COC(=O)C=C.CN(C)C.CN(C)C.Cl.Cl. The maximum Gasteiger partial charge on any atom is 0.334 e. The fraction of sp³-hybridized carbons (Fsp3) is 0.545. The molecule has 0 fully saturated rings. The van der Waals surface area contributed by atoms with E-state index in [1.54, 1.807) is 0 Å². The molecule has 4 nitrogen and oxygen atoms in total. The Hall–Kier alpha value is -0.550. The number of nitrogens with zero attached hydrogens (tertiary/aromatic N) is 2. The normalized spacial score (nSPS) is 7.06. The molecule has 0 aromatic carbocycles. The van der Waals surface area contributed by atoms with E-state index in [0.29, 0.717) is 0 Å². The van der Waals surface area contributed by atoms with E-state index in [1.165, 1.54) is 0 Å². The Balaban J connectivity index is -0.0000000425. The molecular weight excluding hydrogens is 263 g/mol. The number of esters is 1. The third-order valence-corrected chi connectivity index (χ3v) is 0.366. The lowest BCUT2D eigenvalue weighted by molar-refractivity contribution is -0.132. The molecule has 0 spiro atoms. The minimum absolute atomic E-state index is 0. The fourth-order valence-corrected chi connectivity index (χ4v) is 0.130. The molecule has 0 aromatic heterocycles. The van der Waals surface area contributed by atoms with Crippen molar-refractivity contribution in [3.63, 3.8) is 0 Å². The van der Waals surface area contributed by atoms with E-state index >= 15 is 0 Å². The van der Waals surface area contributed by atoms with Crippen LogP contribution in [0.25, 0.3) is 0 Å². The number of hydrogen-bond donors (Lipinski definition) is 0. The zero-order valence-electron chi connectivity index (χ0n) is 11.6. The van der Waals surface area contributed by atoms with Gasteiger partial charge in [0.25, 0.3) is 0 Å². The molecule has 0 heterocycles. The number of carbonyl (C=O) groups is 1. The minimum Gasteiger partial charge on any atom is -0.432 e. The largest absolute Gasteiger partial charge is 0.432 e. The van der Waals surface area contributed by atoms with Gasteiger partial charge in [-0.1, -0.05) is 13.2 Å². The maximum atomic E-state index is 10.0. The van der Waals surface area contributed by atoms with Crippen LogP contribution in [0.15, 0.2) is 25.5 Å². The summed E-state index contributed by atoms with van der Waals surface area (Å²) in [5, 5.41) is 0. The van der Waals surface area contributed by atoms with Gasteiger partial charge in [-0.15, -0.1) is 24.8 Å². The van der Waals surface area contributed by atoms with Crippen LogP contribution in [0.5, 0.6) is 0 Å². The second kappa shape index (κ2) is 24.6. The summed E-state index contributed by atoms with van der Waals surface area (Å²) < 4.78 is 4.20. The third kappa shape index (κ3) is 141. The zero-order valence-corrected chi connectivity index (χ0v) is 13.2. The lowest BCUT2D eigenvalue weighted by Crippen LogP contribution is -1.99. The molecule has 0 atom stereocenters. The molecule has 0 radical (unpaired) electrons. The number of carbonyl (C=O) groups excluding carboxylic acids is 1. The Kier molecular flexibility index (Phi) is 43.4. The Bertz CT molecular complexity index is 163. The predicted octanol–water partition coefficient (Wildman–Crippen LogP) is 2.06. The van der Waals surface area contributed by atoms with Gasteiger partial charge < -0.3 is 14.5 Å². The molecular formula is C11H26Cl2N2O2. The summed E-state index contributed by atoms with van der Waals surface area (Å²) in [4.78, 5) is 14.0. The van der Waals surface area contributed by atoms with Crippen LogP contribution >= 0.6 is 24.8 Å². The van der Waals surface area contributed by atoms with Gasteiger partial charge in [0.15, 0.2) is 0 Å². The molecule has 106 valence electrons. The van der Waals surface area contributed by atoms with Crippen molar-refractivity contribution in [1.82, 2.24) is 9.80 Å². The minimum atomic E-state index is -0.477. The molecule has 0 saturated heterocycles. The summed E-state index contributed by atoms with van der Waals surface area (Å²) in [7, 11) is 12.0. The summed E-state index contributed by atoms with van der Waals surface area (Å²) in [5.41, 5.74) is 0. The van der Waals surface area contributed by atoms with E-state index in [9.17, 15) is 4.79 Å². The molecule has 0 rings (SSSR count). The molecule has 0 aliphatic heterocycles. The molecule has 6 heteroatoms. The highest BCUT2D eigenvalue weighted by molar-refractivity contribution is 5.85. The van der Waals surface area contributed by atoms with Gasteiger partial charge >= 0.3 is 5.97 Å². The Morgan fingerprint density at radius 3 is 1.24 bits per heavy atom. The van der Waals surface area contributed by atoms with Crippen molar-refractivity contribution in [2.45, 2.75) is 0 Å². The number of halogens is 2. The molecule has 0 aliphatic carbocycles. The lowest BCUT2D eigenvalue weighted by Gasteiger charge is -1.90. The maximum absolute atomic E-state index is 10.0. The first kappa shape index (κ1) is 30.0. The number of hydrogen-bond acceptors (Lipinski definition) is 4. The van der Waals surface area contributed by atoms with Gasteiger partial charge in [0.2, 0.25) is 0 Å². The fourth-order valence-electron chi connectivity index (χ4n) is 0.130. The Labute approximate surface area is 118 Å². The lowest BCUT2D eigenvalue weighted by atomic mass is 10.7. The predicted molar refractivity (Wildman–Crippen MR) is 80.2 cm³/mol. The molecule has 0 aromatic rings. The molecule has 0 unspecified atom stereocenters. The number of ether oxygens (including phenoxy) is 1. The van der Waals surface area contributed by atoms with Gasteiger partial charge in [-0.3, -0.25) is 0 Å². The summed E-state index contributed by atoms with van der Waals surface area (Å²) >= 11 is 0. The van der Waals surface area contributed by atoms with Gasteiger partial charge in [-0.25, -0.2) is 4.79 Å². The van der Waals surface area contributed by atoms with Gasteiger partial charge in [-0.05, 0) is 42.3 Å². The summed E-state index contributed by atoms with van der Waals surface area (Å²) in [5.74, 6) is -0.477. The van der Waals surface area contributed by atoms with Crippen molar-refractivity contribution in [2.75, 3.05) is 42.3 Å². The first-order valence-electron chi connectivity index (χ1n) is 4.43. The zero-order chi connectivity index (χ0) is 12.9. The highest BCUT2D eigenvalue weighted by atomic mass is 35.5. The number of rotatable bonds is 2. The Morgan fingerprint density at radius 1 is 0.941 bits per heavy atom. The molecule has 0 bridgehead atoms. The van der Waals surface area contributed by atoms with Crippen LogP contribution in [0.1, 0.15) is 0 Å². The van der Waals surface area contributed by atoms with Crippen LogP contribution in [0.2, 0.25) is 0 Å². The monoisotopic (exact) mass is 288 g/mol. The quantitative estimate of drug-likeness (QED) is 0.442. The topological polar surface area (TPSA) is 32.8 Å². The molecule has 0 aliphatic rings. The van der Waals surface area contributed by atoms with E-state index in [4.69, 9.17) is 0 Å². The van der Waals surface area contributed by atoms with Crippen molar-refractivity contribution in [1.29, 1.82) is 0 Å². The average Bonchev–Trinajstić information content (AvgIpc) is 2.02. The average molecular weight is 289 g/mol. The standard InChI is InChI=1S/C5H6O2.2C3H9N.2ClH/c1-3-5(6)7-4-2;2*1-4(2)3;;/h3-4H,1-2H2;2*1-3H3;2*1H. The van der Waals surface area contributed by atoms with Crippen molar-refractivity contribution in [3.8, 4) is 0 Å². The van der Waals surface area contributed by atoms with Crippen molar-refractivity contribution < 1.29 is 9.53 Å². The van der Waals surface area contributed by atoms with Crippen LogP contribution in [0.3, 0.4) is 0 Å². The van der Waals surface area contributed by atoms with E-state index in [0.717, 1.165) is 12.3 Å². The molecule has 0 N–H and O–H groups in total. The van der Waals surface area contributed by atoms with Gasteiger partial charge in [0.1, 0.15) is 0 Å². The molecule has 0 amide bonds. The van der Waals surface area contributed by atoms with Gasteiger partial charge in [0.05, 0.1) is 6.26 Å². The Morgan fingerprint density at radius 2 is 1.18 bits per heavy atom. The summed E-state index contributed by atoms with van der Waals surface area (Å²) in [6, 6.07) is 0. The van der Waals surface area contributed by atoms with Crippen LogP contribution < -0.4 is 0 Å². The van der Waals surface area contributed by atoms with Crippen molar-refractivity contribution >= 4 is 30.8 Å². The first-order valence-corrected chi connectivity index (χ1v) is 4.43. The molecule has 17 heavy (non-hydrogen) atoms. The van der Waals surface area contributed by atoms with E-state index in [2.05, 4.69) is 17.9 Å². The van der Waals surface area contributed by atoms with Crippen molar-refractivity contribution in [2.24, 2.45) is 0 Å². The van der Waals surface area contributed by atoms with E-state index < -0.39 is 5.97 Å².